The van der Waals surface area contributed by atoms with E-state index in [1.54, 1.807) is 24.3 Å². The normalized spacial score (nSPS) is 15.8. The lowest BCUT2D eigenvalue weighted by molar-refractivity contribution is -0.137. The van der Waals surface area contributed by atoms with E-state index in [-0.39, 0.29) is 24.3 Å². The Morgan fingerprint density at radius 2 is 1.57 bits per heavy atom. The highest BCUT2D eigenvalue weighted by molar-refractivity contribution is 5.98. The van der Waals surface area contributed by atoms with Gasteiger partial charge >= 0.3 is 0 Å². The van der Waals surface area contributed by atoms with Crippen LogP contribution in [0.2, 0.25) is 0 Å². The van der Waals surface area contributed by atoms with Gasteiger partial charge in [0.2, 0.25) is 11.8 Å². The molecular weight excluding hydrogens is 440 g/mol. The van der Waals surface area contributed by atoms with Gasteiger partial charge in [-0.15, -0.1) is 0 Å². The Labute approximate surface area is 205 Å². The first-order valence-electron chi connectivity index (χ1n) is 11.9. The molecule has 0 aromatic heterocycles. The molecule has 1 heterocycles. The summed E-state index contributed by atoms with van der Waals surface area (Å²) in [5.74, 6) is -0.754. The maximum atomic E-state index is 13.1. The topological polar surface area (TPSA) is 105 Å². The SMILES string of the molecule is Nc1ccc(CNC(=O)CN2CCCCC(NC(=O)c3ccc(-c4ccccc4)cc3)C2=O)cc1. The third-order valence-corrected chi connectivity index (χ3v) is 6.14. The summed E-state index contributed by atoms with van der Waals surface area (Å²) in [6.07, 6.45) is 2.14. The summed E-state index contributed by atoms with van der Waals surface area (Å²) in [7, 11) is 0. The first-order chi connectivity index (χ1) is 17.0. The van der Waals surface area contributed by atoms with Crippen LogP contribution in [0, 0.1) is 0 Å². The minimum atomic E-state index is -0.649. The van der Waals surface area contributed by atoms with E-state index >= 15 is 0 Å². The van der Waals surface area contributed by atoms with E-state index in [0.29, 0.717) is 30.8 Å². The standard InChI is InChI=1S/C28H30N4O3/c29-24-15-9-20(10-16-24)18-30-26(33)19-32-17-5-4-8-25(28(32)35)31-27(34)23-13-11-22(12-14-23)21-6-2-1-3-7-21/h1-3,6-7,9-16,25H,4-5,8,17-19,29H2,(H,30,33)(H,31,34). The zero-order valence-corrected chi connectivity index (χ0v) is 19.6. The molecule has 1 saturated heterocycles. The Bertz CT molecular complexity index is 1160. The third kappa shape index (κ3) is 6.47. The van der Waals surface area contributed by atoms with Crippen LogP contribution in [-0.4, -0.2) is 41.8 Å². The monoisotopic (exact) mass is 470 g/mol. The molecule has 1 unspecified atom stereocenters. The minimum Gasteiger partial charge on any atom is -0.399 e. The van der Waals surface area contributed by atoms with E-state index < -0.39 is 6.04 Å². The molecule has 4 rings (SSSR count). The van der Waals surface area contributed by atoms with Gasteiger partial charge in [0.05, 0.1) is 6.54 Å². The largest absolute Gasteiger partial charge is 0.399 e. The maximum absolute atomic E-state index is 13.1. The molecule has 0 saturated carbocycles. The molecule has 1 aliphatic rings. The number of amides is 3. The van der Waals surface area contributed by atoms with Crippen molar-refractivity contribution in [2.75, 3.05) is 18.8 Å². The third-order valence-electron chi connectivity index (χ3n) is 6.14. The number of likely N-dealkylation sites (tertiary alicyclic amines) is 1. The van der Waals surface area contributed by atoms with Crippen molar-refractivity contribution in [3.05, 3.63) is 90.0 Å². The fourth-order valence-corrected chi connectivity index (χ4v) is 4.15. The van der Waals surface area contributed by atoms with Crippen LogP contribution in [-0.2, 0) is 16.1 Å². The predicted molar refractivity (Wildman–Crippen MR) is 136 cm³/mol. The highest BCUT2D eigenvalue weighted by Crippen LogP contribution is 2.20. The van der Waals surface area contributed by atoms with Crippen LogP contribution >= 0.6 is 0 Å². The van der Waals surface area contributed by atoms with Crippen LogP contribution < -0.4 is 16.4 Å². The van der Waals surface area contributed by atoms with Crippen molar-refractivity contribution in [2.45, 2.75) is 31.8 Å². The van der Waals surface area contributed by atoms with Crippen molar-refractivity contribution in [3.8, 4) is 11.1 Å². The van der Waals surface area contributed by atoms with Crippen LogP contribution in [0.4, 0.5) is 5.69 Å². The number of hydrogen-bond donors (Lipinski definition) is 3. The molecule has 1 aliphatic heterocycles. The van der Waals surface area contributed by atoms with Gasteiger partial charge in [0, 0.05) is 24.3 Å². The number of nitrogens with two attached hydrogens (primary N) is 1. The number of anilines is 1. The molecule has 7 heteroatoms. The van der Waals surface area contributed by atoms with Crippen LogP contribution in [0.1, 0.15) is 35.2 Å². The molecule has 1 fully saturated rings. The van der Waals surface area contributed by atoms with E-state index in [1.807, 2.05) is 54.6 Å². The Kier molecular flexibility index (Phi) is 7.77. The van der Waals surface area contributed by atoms with E-state index in [9.17, 15) is 14.4 Å². The van der Waals surface area contributed by atoms with Crippen molar-refractivity contribution < 1.29 is 14.4 Å². The number of nitrogen functional groups attached to an aromatic ring is 1. The van der Waals surface area contributed by atoms with Gasteiger partial charge in [-0.25, -0.2) is 0 Å². The van der Waals surface area contributed by atoms with E-state index in [1.165, 1.54) is 4.90 Å². The van der Waals surface area contributed by atoms with Gasteiger partial charge < -0.3 is 21.3 Å². The van der Waals surface area contributed by atoms with Crippen molar-refractivity contribution in [3.63, 3.8) is 0 Å². The van der Waals surface area contributed by atoms with Gasteiger partial charge in [-0.3, -0.25) is 14.4 Å². The Hall–Kier alpha value is -4.13. The molecule has 7 nitrogen and oxygen atoms in total. The fourth-order valence-electron chi connectivity index (χ4n) is 4.15. The zero-order valence-electron chi connectivity index (χ0n) is 19.6. The molecule has 180 valence electrons. The number of carbonyl (C=O) groups excluding carboxylic acids is 3. The molecule has 0 aliphatic carbocycles. The number of carbonyl (C=O) groups is 3. The summed E-state index contributed by atoms with van der Waals surface area (Å²) in [6, 6.07) is 23.9. The van der Waals surface area contributed by atoms with E-state index in [0.717, 1.165) is 29.5 Å². The lowest BCUT2D eigenvalue weighted by Crippen LogP contribution is -2.50. The van der Waals surface area contributed by atoms with Crippen LogP contribution in [0.25, 0.3) is 11.1 Å². The quantitative estimate of drug-likeness (QED) is 0.461. The van der Waals surface area contributed by atoms with Crippen molar-refractivity contribution in [1.82, 2.24) is 15.5 Å². The summed E-state index contributed by atoms with van der Waals surface area (Å²) in [6.45, 7) is 0.818. The summed E-state index contributed by atoms with van der Waals surface area (Å²) in [4.78, 5) is 40.0. The summed E-state index contributed by atoms with van der Waals surface area (Å²) >= 11 is 0. The molecule has 3 aromatic rings. The average Bonchev–Trinajstić information content (AvgIpc) is 3.05. The second-order valence-electron chi connectivity index (χ2n) is 8.74. The second kappa shape index (κ2) is 11.3. The summed E-state index contributed by atoms with van der Waals surface area (Å²) in [5.41, 5.74) is 9.87. The first-order valence-corrected chi connectivity index (χ1v) is 11.9. The van der Waals surface area contributed by atoms with Gasteiger partial charge in [0.15, 0.2) is 0 Å². The number of rotatable bonds is 7. The molecule has 3 amide bonds. The van der Waals surface area contributed by atoms with Crippen LogP contribution in [0.15, 0.2) is 78.9 Å². The van der Waals surface area contributed by atoms with Gasteiger partial charge in [-0.05, 0) is 60.2 Å². The number of benzene rings is 3. The molecule has 35 heavy (non-hydrogen) atoms. The van der Waals surface area contributed by atoms with Gasteiger partial charge in [-0.1, -0.05) is 54.6 Å². The van der Waals surface area contributed by atoms with Crippen molar-refractivity contribution in [2.24, 2.45) is 0 Å². The lowest BCUT2D eigenvalue weighted by Gasteiger charge is -2.24. The molecule has 3 aromatic carbocycles. The zero-order chi connectivity index (χ0) is 24.6. The fraction of sp³-hybridized carbons (Fsp3) is 0.250. The van der Waals surface area contributed by atoms with Gasteiger partial charge in [0.25, 0.3) is 5.91 Å². The molecule has 4 N–H and O–H groups in total. The highest BCUT2D eigenvalue weighted by atomic mass is 16.2. The molecular formula is C28H30N4O3. The first kappa shape index (κ1) is 24.0. The Morgan fingerprint density at radius 3 is 2.29 bits per heavy atom. The van der Waals surface area contributed by atoms with Crippen molar-refractivity contribution >= 4 is 23.4 Å². The smallest absolute Gasteiger partial charge is 0.251 e. The average molecular weight is 471 g/mol. The number of nitrogens with one attached hydrogen (secondary N) is 2. The van der Waals surface area contributed by atoms with Gasteiger partial charge in [-0.2, -0.15) is 0 Å². The minimum absolute atomic E-state index is 0.0358. The molecule has 0 spiro atoms. The maximum Gasteiger partial charge on any atom is 0.251 e. The Balaban J connectivity index is 1.33. The van der Waals surface area contributed by atoms with Crippen molar-refractivity contribution in [1.29, 1.82) is 0 Å². The number of nitrogens with zero attached hydrogens (tertiary/aromatic N) is 1. The van der Waals surface area contributed by atoms with Gasteiger partial charge in [0.1, 0.15) is 6.04 Å². The molecule has 0 radical (unpaired) electrons. The number of hydrogen-bond acceptors (Lipinski definition) is 4. The predicted octanol–water partition coefficient (Wildman–Crippen LogP) is 3.36. The highest BCUT2D eigenvalue weighted by Gasteiger charge is 2.29. The van der Waals surface area contributed by atoms with Crippen LogP contribution in [0.5, 0.6) is 0 Å². The summed E-state index contributed by atoms with van der Waals surface area (Å²) in [5, 5.41) is 5.72. The second-order valence-corrected chi connectivity index (χ2v) is 8.74. The summed E-state index contributed by atoms with van der Waals surface area (Å²) < 4.78 is 0. The molecule has 0 bridgehead atoms. The van der Waals surface area contributed by atoms with E-state index in [2.05, 4.69) is 10.6 Å². The van der Waals surface area contributed by atoms with E-state index in [4.69, 9.17) is 5.73 Å². The molecule has 1 atom stereocenters. The van der Waals surface area contributed by atoms with Crippen LogP contribution in [0.3, 0.4) is 0 Å². The lowest BCUT2D eigenvalue weighted by atomic mass is 10.0. The Morgan fingerprint density at radius 1 is 0.886 bits per heavy atom.